The SMILES string of the molecule is CC1(NC(=O)C2(N)CCOCC2)CCCCC1. The van der Waals surface area contributed by atoms with Crippen molar-refractivity contribution in [3.05, 3.63) is 0 Å². The van der Waals surface area contributed by atoms with E-state index in [0.29, 0.717) is 26.1 Å². The summed E-state index contributed by atoms with van der Waals surface area (Å²) in [5, 5.41) is 3.19. The highest BCUT2D eigenvalue weighted by atomic mass is 16.5. The third kappa shape index (κ3) is 2.99. The van der Waals surface area contributed by atoms with Crippen LogP contribution in [0.3, 0.4) is 0 Å². The lowest BCUT2D eigenvalue weighted by Crippen LogP contribution is -2.61. The van der Waals surface area contributed by atoms with E-state index in [1.807, 2.05) is 0 Å². The van der Waals surface area contributed by atoms with Crippen molar-refractivity contribution in [3.63, 3.8) is 0 Å². The lowest BCUT2D eigenvalue weighted by Gasteiger charge is -2.39. The molecule has 1 heterocycles. The Labute approximate surface area is 103 Å². The molecule has 0 bridgehead atoms. The minimum absolute atomic E-state index is 0.0187. The molecule has 1 aliphatic carbocycles. The van der Waals surface area contributed by atoms with Crippen LogP contribution in [0.4, 0.5) is 0 Å². The minimum atomic E-state index is -0.710. The number of carbonyl (C=O) groups is 1. The Kier molecular flexibility index (Phi) is 3.73. The normalized spacial score (nSPS) is 27.4. The van der Waals surface area contributed by atoms with Gasteiger partial charge in [-0.3, -0.25) is 4.79 Å². The summed E-state index contributed by atoms with van der Waals surface area (Å²) in [7, 11) is 0. The van der Waals surface area contributed by atoms with Gasteiger partial charge in [-0.15, -0.1) is 0 Å². The van der Waals surface area contributed by atoms with Gasteiger partial charge in [-0.05, 0) is 32.6 Å². The van der Waals surface area contributed by atoms with Crippen molar-refractivity contribution in [3.8, 4) is 0 Å². The van der Waals surface area contributed by atoms with Crippen LogP contribution < -0.4 is 11.1 Å². The molecule has 1 saturated heterocycles. The quantitative estimate of drug-likeness (QED) is 0.765. The predicted octanol–water partition coefficient (Wildman–Crippen LogP) is 1.33. The van der Waals surface area contributed by atoms with Crippen molar-refractivity contribution in [1.29, 1.82) is 0 Å². The molecule has 2 rings (SSSR count). The molecule has 98 valence electrons. The number of nitrogens with one attached hydrogen (secondary N) is 1. The first-order chi connectivity index (χ1) is 8.04. The Morgan fingerprint density at radius 1 is 1.12 bits per heavy atom. The fraction of sp³-hybridized carbons (Fsp3) is 0.923. The van der Waals surface area contributed by atoms with Gasteiger partial charge in [0.1, 0.15) is 0 Å². The molecule has 0 radical (unpaired) electrons. The number of carbonyl (C=O) groups excluding carboxylic acids is 1. The van der Waals surface area contributed by atoms with E-state index in [2.05, 4.69) is 12.2 Å². The van der Waals surface area contributed by atoms with E-state index in [1.165, 1.54) is 19.3 Å². The smallest absolute Gasteiger partial charge is 0.240 e. The summed E-state index contributed by atoms with van der Waals surface area (Å²) in [6.07, 6.45) is 7.11. The Balaban J connectivity index is 1.95. The van der Waals surface area contributed by atoms with Gasteiger partial charge in [0, 0.05) is 18.8 Å². The van der Waals surface area contributed by atoms with Gasteiger partial charge in [0.2, 0.25) is 5.91 Å². The van der Waals surface area contributed by atoms with Crippen LogP contribution in [0.1, 0.15) is 51.9 Å². The molecule has 2 fully saturated rings. The van der Waals surface area contributed by atoms with Crippen LogP contribution in [0.2, 0.25) is 0 Å². The van der Waals surface area contributed by atoms with Crippen LogP contribution in [-0.2, 0) is 9.53 Å². The summed E-state index contributed by atoms with van der Waals surface area (Å²) in [5.41, 5.74) is 5.44. The second-order valence-corrected chi connectivity index (χ2v) is 5.84. The van der Waals surface area contributed by atoms with E-state index in [9.17, 15) is 4.79 Å². The molecule has 17 heavy (non-hydrogen) atoms. The van der Waals surface area contributed by atoms with Gasteiger partial charge in [-0.1, -0.05) is 19.3 Å². The lowest BCUT2D eigenvalue weighted by molar-refractivity contribution is -0.132. The third-order valence-corrected chi connectivity index (χ3v) is 4.21. The summed E-state index contributed by atoms with van der Waals surface area (Å²) in [5.74, 6) is 0.0187. The van der Waals surface area contributed by atoms with Gasteiger partial charge in [0.05, 0.1) is 5.54 Å². The minimum Gasteiger partial charge on any atom is -0.381 e. The molecular formula is C13H24N2O2. The van der Waals surface area contributed by atoms with Gasteiger partial charge in [0.25, 0.3) is 0 Å². The zero-order valence-electron chi connectivity index (χ0n) is 10.8. The van der Waals surface area contributed by atoms with Gasteiger partial charge >= 0.3 is 0 Å². The Morgan fingerprint density at radius 2 is 1.71 bits per heavy atom. The van der Waals surface area contributed by atoms with Gasteiger partial charge in [-0.25, -0.2) is 0 Å². The summed E-state index contributed by atoms with van der Waals surface area (Å²) >= 11 is 0. The summed E-state index contributed by atoms with van der Waals surface area (Å²) in [6, 6.07) is 0. The van der Waals surface area contributed by atoms with Gasteiger partial charge in [-0.2, -0.15) is 0 Å². The second-order valence-electron chi connectivity index (χ2n) is 5.84. The average molecular weight is 240 g/mol. The maximum absolute atomic E-state index is 12.3. The third-order valence-electron chi connectivity index (χ3n) is 4.21. The fourth-order valence-corrected chi connectivity index (χ4v) is 2.82. The first-order valence-electron chi connectivity index (χ1n) is 6.73. The molecule has 0 aromatic carbocycles. The maximum atomic E-state index is 12.3. The van der Waals surface area contributed by atoms with Crippen molar-refractivity contribution in [1.82, 2.24) is 5.32 Å². The number of ether oxygens (including phenoxy) is 1. The van der Waals surface area contributed by atoms with Crippen molar-refractivity contribution >= 4 is 5.91 Å². The number of rotatable bonds is 2. The number of amides is 1. The van der Waals surface area contributed by atoms with Crippen LogP contribution in [0.5, 0.6) is 0 Å². The molecule has 0 aromatic heterocycles. The molecule has 0 spiro atoms. The topological polar surface area (TPSA) is 64.4 Å². The van der Waals surface area contributed by atoms with E-state index in [0.717, 1.165) is 12.8 Å². The van der Waals surface area contributed by atoms with Crippen LogP contribution >= 0.6 is 0 Å². The molecule has 3 N–H and O–H groups in total. The lowest BCUT2D eigenvalue weighted by atomic mass is 9.81. The first kappa shape index (κ1) is 12.8. The van der Waals surface area contributed by atoms with Crippen LogP contribution in [0.15, 0.2) is 0 Å². The molecular weight excluding hydrogens is 216 g/mol. The molecule has 4 heteroatoms. The van der Waals surface area contributed by atoms with Crippen LogP contribution in [-0.4, -0.2) is 30.2 Å². The Bertz CT molecular complexity index is 279. The van der Waals surface area contributed by atoms with Crippen molar-refractivity contribution in [2.24, 2.45) is 5.73 Å². The summed E-state index contributed by atoms with van der Waals surface area (Å²) in [6.45, 7) is 3.34. The van der Waals surface area contributed by atoms with E-state index in [1.54, 1.807) is 0 Å². The Morgan fingerprint density at radius 3 is 2.29 bits per heavy atom. The van der Waals surface area contributed by atoms with E-state index >= 15 is 0 Å². The van der Waals surface area contributed by atoms with Crippen molar-refractivity contribution in [2.75, 3.05) is 13.2 Å². The number of nitrogens with two attached hydrogens (primary N) is 1. The standard InChI is InChI=1S/C13H24N2O2/c1-12(5-3-2-4-6-12)15-11(16)13(14)7-9-17-10-8-13/h2-10,14H2,1H3,(H,15,16). The zero-order valence-corrected chi connectivity index (χ0v) is 10.8. The molecule has 0 unspecified atom stereocenters. The molecule has 1 aliphatic heterocycles. The molecule has 0 atom stereocenters. The first-order valence-corrected chi connectivity index (χ1v) is 6.73. The van der Waals surface area contributed by atoms with E-state index in [4.69, 9.17) is 10.5 Å². The molecule has 4 nitrogen and oxygen atoms in total. The van der Waals surface area contributed by atoms with Crippen molar-refractivity contribution < 1.29 is 9.53 Å². The van der Waals surface area contributed by atoms with Gasteiger partial charge in [0.15, 0.2) is 0 Å². The molecule has 1 amide bonds. The second kappa shape index (κ2) is 4.94. The van der Waals surface area contributed by atoms with Crippen molar-refractivity contribution in [2.45, 2.75) is 62.9 Å². The van der Waals surface area contributed by atoms with Crippen LogP contribution in [0, 0.1) is 0 Å². The fourth-order valence-electron chi connectivity index (χ4n) is 2.82. The maximum Gasteiger partial charge on any atom is 0.240 e. The highest BCUT2D eigenvalue weighted by molar-refractivity contribution is 5.86. The summed E-state index contributed by atoms with van der Waals surface area (Å²) < 4.78 is 5.27. The van der Waals surface area contributed by atoms with Gasteiger partial charge < -0.3 is 15.8 Å². The zero-order chi connectivity index (χ0) is 12.4. The molecule has 2 aliphatic rings. The monoisotopic (exact) mass is 240 g/mol. The van der Waals surface area contributed by atoms with E-state index < -0.39 is 5.54 Å². The van der Waals surface area contributed by atoms with E-state index in [-0.39, 0.29) is 11.4 Å². The van der Waals surface area contributed by atoms with Crippen LogP contribution in [0.25, 0.3) is 0 Å². The highest BCUT2D eigenvalue weighted by Gasteiger charge is 2.39. The highest BCUT2D eigenvalue weighted by Crippen LogP contribution is 2.29. The Hall–Kier alpha value is -0.610. The predicted molar refractivity (Wildman–Crippen MR) is 66.6 cm³/mol. The number of hydrogen-bond acceptors (Lipinski definition) is 3. The molecule has 0 aromatic rings. The largest absolute Gasteiger partial charge is 0.381 e. The molecule has 1 saturated carbocycles. The number of hydrogen-bond donors (Lipinski definition) is 2. The average Bonchev–Trinajstić information content (AvgIpc) is 2.30. The summed E-state index contributed by atoms with van der Waals surface area (Å²) in [4.78, 5) is 12.3.